The maximum atomic E-state index is 10.6. The zero-order chi connectivity index (χ0) is 6.85. The quantitative estimate of drug-likeness (QED) is 0.477. The summed E-state index contributed by atoms with van der Waals surface area (Å²) < 4.78 is 0. The molecule has 3 amide bonds. The van der Waals surface area contributed by atoms with Crippen LogP contribution >= 0.6 is 0 Å². The zero-order valence-corrected chi connectivity index (χ0v) is 9.46. The predicted octanol–water partition coefficient (Wildman–Crippen LogP) is 0.168. The average Bonchev–Trinajstić information content (AvgIpc) is 1.84. The molecule has 0 atom stereocenters. The standard InChI is InChI=1S/C5H7N2O2.CH3.Y/c1-6-5(9)7-3-2-4(7)8;;/h3H,2H2,1H3,(H,6,9);1H3;/q2*-1;. The number of urea groups is 1. The summed E-state index contributed by atoms with van der Waals surface area (Å²) in [5.41, 5.74) is 0. The second-order valence-corrected chi connectivity index (χ2v) is 1.71. The van der Waals surface area contributed by atoms with E-state index in [1.807, 2.05) is 0 Å². The van der Waals surface area contributed by atoms with Gasteiger partial charge in [0.25, 0.3) is 6.03 Å². The summed E-state index contributed by atoms with van der Waals surface area (Å²) in [5, 5.41) is 2.33. The minimum Gasteiger partial charge on any atom is -0.419 e. The predicted molar refractivity (Wildman–Crippen MR) is 36.6 cm³/mol. The van der Waals surface area contributed by atoms with Gasteiger partial charge in [-0.3, -0.25) is 9.59 Å². The second-order valence-electron chi connectivity index (χ2n) is 1.71. The fourth-order valence-corrected chi connectivity index (χ4v) is 0.574. The third-order valence-corrected chi connectivity index (χ3v) is 1.15. The van der Waals surface area contributed by atoms with Crippen molar-refractivity contribution in [1.29, 1.82) is 0 Å². The van der Waals surface area contributed by atoms with E-state index in [9.17, 15) is 9.59 Å². The van der Waals surface area contributed by atoms with E-state index >= 15 is 0 Å². The van der Waals surface area contributed by atoms with E-state index in [1.165, 1.54) is 7.05 Å². The Labute approximate surface area is 91.6 Å². The van der Waals surface area contributed by atoms with Crippen LogP contribution in [0.3, 0.4) is 0 Å². The monoisotopic (exact) mass is 231 g/mol. The van der Waals surface area contributed by atoms with Gasteiger partial charge in [-0.25, -0.2) is 6.54 Å². The van der Waals surface area contributed by atoms with E-state index in [4.69, 9.17) is 0 Å². The SMILES string of the molecule is CNC(=O)N1[CH-]CC1=O.[CH3-].[Y]. The first-order valence-electron chi connectivity index (χ1n) is 2.63. The third-order valence-electron chi connectivity index (χ3n) is 1.15. The fourth-order valence-electron chi connectivity index (χ4n) is 0.574. The maximum absolute atomic E-state index is 10.6. The van der Waals surface area contributed by atoms with Crippen LogP contribution in [0.15, 0.2) is 0 Å². The molecule has 0 aromatic carbocycles. The molecule has 0 unspecified atom stereocenters. The van der Waals surface area contributed by atoms with E-state index in [2.05, 4.69) is 5.32 Å². The summed E-state index contributed by atoms with van der Waals surface area (Å²) in [6.45, 7) is 1.54. The van der Waals surface area contributed by atoms with Crippen LogP contribution < -0.4 is 5.32 Å². The normalized spacial score (nSPS) is 13.9. The van der Waals surface area contributed by atoms with Crippen LogP contribution in [-0.4, -0.2) is 23.9 Å². The van der Waals surface area contributed by atoms with Gasteiger partial charge in [-0.05, 0) is 0 Å². The molecule has 4 nitrogen and oxygen atoms in total. The molecule has 61 valence electrons. The van der Waals surface area contributed by atoms with Gasteiger partial charge in [0.05, 0.1) is 0 Å². The molecule has 1 saturated heterocycles. The first-order valence-corrected chi connectivity index (χ1v) is 2.63. The number of nitrogens with zero attached hydrogens (tertiary/aromatic N) is 1. The summed E-state index contributed by atoms with van der Waals surface area (Å²) >= 11 is 0. The van der Waals surface area contributed by atoms with Crippen LogP contribution in [-0.2, 0) is 37.5 Å². The van der Waals surface area contributed by atoms with Crippen LogP contribution in [0.25, 0.3) is 0 Å². The topological polar surface area (TPSA) is 49.4 Å². The Morgan fingerprint density at radius 3 is 2.36 bits per heavy atom. The summed E-state index contributed by atoms with van der Waals surface area (Å²) in [5.74, 6) is -0.144. The van der Waals surface area contributed by atoms with Gasteiger partial charge in [-0.15, -0.1) is 0 Å². The van der Waals surface area contributed by atoms with Crippen LogP contribution in [0, 0.1) is 14.0 Å². The van der Waals surface area contributed by atoms with Crippen LogP contribution in [0.5, 0.6) is 0 Å². The molecule has 1 aliphatic heterocycles. The van der Waals surface area contributed by atoms with Crippen molar-refractivity contribution in [2.24, 2.45) is 0 Å². The van der Waals surface area contributed by atoms with Gasteiger partial charge in [-0.2, -0.15) is 0 Å². The van der Waals surface area contributed by atoms with Crippen LogP contribution in [0.1, 0.15) is 6.42 Å². The number of imide groups is 1. The molecular formula is C6H10N2O2Y-2. The number of likely N-dealkylation sites (tertiary alicyclic amines) is 1. The summed E-state index contributed by atoms with van der Waals surface area (Å²) in [6, 6.07) is -0.355. The molecule has 0 aromatic heterocycles. The van der Waals surface area contributed by atoms with Crippen molar-refractivity contribution in [3.8, 4) is 0 Å². The van der Waals surface area contributed by atoms with E-state index in [1.54, 1.807) is 6.54 Å². The smallest absolute Gasteiger partial charge is 0.293 e. The van der Waals surface area contributed by atoms with Gasteiger partial charge < -0.3 is 17.6 Å². The van der Waals surface area contributed by atoms with E-state index in [0.29, 0.717) is 6.42 Å². The molecule has 5 heteroatoms. The first kappa shape index (κ1) is 13.6. The van der Waals surface area contributed by atoms with E-state index in [-0.39, 0.29) is 52.1 Å². The van der Waals surface area contributed by atoms with Gasteiger partial charge in [-0.1, -0.05) is 6.42 Å². The number of rotatable bonds is 0. The number of nitrogens with one attached hydrogen (secondary N) is 1. The number of β-lactam (4-membered cyclic amide) rings is 1. The van der Waals surface area contributed by atoms with Crippen LogP contribution in [0.2, 0.25) is 0 Å². The Morgan fingerprint density at radius 1 is 1.73 bits per heavy atom. The van der Waals surface area contributed by atoms with Crippen molar-refractivity contribution in [2.75, 3.05) is 7.05 Å². The van der Waals surface area contributed by atoms with Crippen molar-refractivity contribution < 1.29 is 42.3 Å². The van der Waals surface area contributed by atoms with Crippen LogP contribution in [0.4, 0.5) is 4.79 Å². The second kappa shape index (κ2) is 5.66. The van der Waals surface area contributed by atoms with E-state index in [0.717, 1.165) is 4.90 Å². The average molecular weight is 231 g/mol. The molecule has 0 aromatic rings. The maximum Gasteiger partial charge on any atom is 0.293 e. The van der Waals surface area contributed by atoms with Gasteiger partial charge in [0.1, 0.15) is 0 Å². The number of amides is 3. The number of hydrogen-bond acceptors (Lipinski definition) is 2. The summed E-state index contributed by atoms with van der Waals surface area (Å²) in [7, 11) is 1.49. The molecule has 1 fully saturated rings. The fraction of sp³-hybridized carbons (Fsp3) is 0.333. The number of hydrogen-bond donors (Lipinski definition) is 1. The minimum absolute atomic E-state index is 0. The van der Waals surface area contributed by atoms with Gasteiger partial charge in [0.15, 0.2) is 5.91 Å². The zero-order valence-electron chi connectivity index (χ0n) is 6.63. The van der Waals surface area contributed by atoms with Crippen molar-refractivity contribution >= 4 is 11.9 Å². The number of carbonyl (C=O) groups excluding carboxylic acids is 2. The van der Waals surface area contributed by atoms with Gasteiger partial charge >= 0.3 is 0 Å². The first-order chi connectivity index (χ1) is 4.25. The molecule has 0 bridgehead atoms. The molecule has 0 aliphatic carbocycles. The molecule has 0 spiro atoms. The summed E-state index contributed by atoms with van der Waals surface area (Å²) in [6.07, 6.45) is 0.382. The summed E-state index contributed by atoms with van der Waals surface area (Å²) in [4.78, 5) is 22.1. The Bertz CT molecular complexity index is 161. The van der Waals surface area contributed by atoms with Crippen molar-refractivity contribution in [1.82, 2.24) is 10.2 Å². The molecule has 1 heterocycles. The Hall–Kier alpha value is 0.0439. The van der Waals surface area contributed by atoms with Gasteiger partial charge in [0, 0.05) is 39.8 Å². The van der Waals surface area contributed by atoms with Gasteiger partial charge in [0.2, 0.25) is 0 Å². The molecule has 1 aliphatic rings. The van der Waals surface area contributed by atoms with Crippen molar-refractivity contribution in [3.05, 3.63) is 14.0 Å². The van der Waals surface area contributed by atoms with E-state index < -0.39 is 0 Å². The molecule has 1 radical (unpaired) electrons. The number of carbonyl (C=O) groups is 2. The third kappa shape index (κ3) is 2.87. The molecule has 1 N–H and O–H groups in total. The molecule has 0 saturated carbocycles. The van der Waals surface area contributed by atoms with Crippen molar-refractivity contribution in [3.63, 3.8) is 0 Å². The molecule has 11 heavy (non-hydrogen) atoms. The Morgan fingerprint density at radius 2 is 2.27 bits per heavy atom. The largest absolute Gasteiger partial charge is 0.419 e. The Kier molecular flexibility index (Phi) is 7.01. The Balaban J connectivity index is 0. The minimum atomic E-state index is -0.355. The van der Waals surface area contributed by atoms with Crippen molar-refractivity contribution in [2.45, 2.75) is 6.42 Å². The molecule has 1 rings (SSSR count). The molecular weight excluding hydrogens is 221 g/mol.